The first-order valence-electron chi connectivity index (χ1n) is 25.1. The zero-order valence-corrected chi connectivity index (χ0v) is 39.0. The van der Waals surface area contributed by atoms with Crippen LogP contribution in [0.5, 0.6) is 0 Å². The summed E-state index contributed by atoms with van der Waals surface area (Å²) in [4.78, 5) is 14.2. The minimum atomic E-state index is -2.89. The molecule has 0 aliphatic carbocycles. The second-order valence-corrected chi connectivity index (χ2v) is 17.8. The van der Waals surface area contributed by atoms with Gasteiger partial charge in [0.15, 0.2) is 0 Å². The number of fused-ring (bicyclic) bond motifs is 4. The van der Waals surface area contributed by atoms with E-state index in [1.807, 2.05) is 109 Å². The maximum Gasteiger partial charge on any atom is 3.00 e. The van der Waals surface area contributed by atoms with E-state index >= 15 is 0 Å². The van der Waals surface area contributed by atoms with Gasteiger partial charge in [-0.2, -0.15) is 0 Å². The Morgan fingerprint density at radius 3 is 1.71 bits per heavy atom. The van der Waals surface area contributed by atoms with Gasteiger partial charge < -0.3 is 19.4 Å². The fourth-order valence-corrected chi connectivity index (χ4v) is 8.72. The molecule has 5 heteroatoms. The van der Waals surface area contributed by atoms with Gasteiger partial charge in [-0.25, -0.2) is 0 Å². The first-order valence-corrected chi connectivity index (χ1v) is 21.6. The molecule has 0 radical (unpaired) electrons. The van der Waals surface area contributed by atoms with Crippen LogP contribution >= 0.6 is 0 Å². The van der Waals surface area contributed by atoms with Crippen molar-refractivity contribution in [3.63, 3.8) is 0 Å². The monoisotopic (exact) mass is 1030 g/mol. The molecule has 4 heterocycles. The average molecular weight is 1030 g/mol. The number of pyridine rings is 3. The van der Waals surface area contributed by atoms with Crippen LogP contribution in [0.2, 0.25) is 0 Å². The SMILES string of the molecule is [2H]C([2H])([2H])c1cc(-c2[c-]ccc3c2oc2cc4ccccc4cc23)ncc1C([2H])([2H])C([2H])([2H])c1cc(CC(C)(C)c2ccc(-c3[c-]cccc3)nc2)cc(CC(C)(C)c2ccc(-c3[c-]cccc3)nc2)c1.[Ir+3]. The van der Waals surface area contributed by atoms with E-state index in [9.17, 15) is 5.48 Å². The van der Waals surface area contributed by atoms with Crippen molar-refractivity contribution in [2.24, 2.45) is 0 Å². The van der Waals surface area contributed by atoms with Gasteiger partial charge in [-0.15, -0.1) is 90.0 Å². The average Bonchev–Trinajstić information content (AvgIpc) is 3.73. The Bertz CT molecular complexity index is 3460. The fraction of sp³-hybridized carbons (Fsp3) is 0.183. The van der Waals surface area contributed by atoms with Gasteiger partial charge in [0.05, 0.1) is 5.58 Å². The van der Waals surface area contributed by atoms with Crippen LogP contribution in [0.1, 0.15) is 76.2 Å². The molecule has 0 aliphatic heterocycles. The molecule has 320 valence electrons. The van der Waals surface area contributed by atoms with Crippen molar-refractivity contribution in [3.8, 4) is 33.8 Å². The number of aryl methyl sites for hydroxylation is 3. The molecule has 0 amide bonds. The van der Waals surface area contributed by atoms with E-state index in [-0.39, 0.29) is 42.5 Å². The van der Waals surface area contributed by atoms with Crippen molar-refractivity contribution in [2.45, 2.75) is 71.0 Å². The summed E-state index contributed by atoms with van der Waals surface area (Å²) in [5, 5.41) is 3.73. The molecule has 0 spiro atoms. The summed E-state index contributed by atoms with van der Waals surface area (Å²) in [7, 11) is 0. The maximum absolute atomic E-state index is 9.78. The third kappa shape index (κ3) is 9.23. The van der Waals surface area contributed by atoms with E-state index < -0.39 is 30.4 Å². The van der Waals surface area contributed by atoms with Gasteiger partial charge in [0.25, 0.3) is 0 Å². The minimum Gasteiger partial charge on any atom is -0.501 e. The van der Waals surface area contributed by atoms with Crippen LogP contribution in [-0.2, 0) is 56.5 Å². The predicted molar refractivity (Wildman–Crippen MR) is 262 cm³/mol. The van der Waals surface area contributed by atoms with Crippen LogP contribution in [0.4, 0.5) is 0 Å². The van der Waals surface area contributed by atoms with E-state index in [0.29, 0.717) is 29.6 Å². The van der Waals surface area contributed by atoms with Gasteiger partial charge in [-0.05, 0) is 117 Å². The molecule has 0 unspecified atom stereocenters. The van der Waals surface area contributed by atoms with Gasteiger partial charge in [-0.3, -0.25) is 0 Å². The van der Waals surface area contributed by atoms with Gasteiger partial charge >= 0.3 is 20.1 Å². The van der Waals surface area contributed by atoms with Crippen molar-refractivity contribution in [1.82, 2.24) is 15.0 Å². The largest absolute Gasteiger partial charge is 3.00 e. The van der Waals surface area contributed by atoms with Crippen molar-refractivity contribution in [1.29, 1.82) is 0 Å². The number of hydrogen-bond acceptors (Lipinski definition) is 4. The van der Waals surface area contributed by atoms with E-state index in [1.54, 1.807) is 18.2 Å². The molecule has 0 atom stereocenters. The molecule has 10 rings (SSSR count). The van der Waals surface area contributed by atoms with Crippen molar-refractivity contribution in [2.75, 3.05) is 0 Å². The second kappa shape index (κ2) is 18.2. The zero-order chi connectivity index (χ0) is 49.9. The van der Waals surface area contributed by atoms with Crippen molar-refractivity contribution < 1.29 is 34.1 Å². The van der Waals surface area contributed by atoms with Crippen LogP contribution in [0.3, 0.4) is 0 Å². The van der Waals surface area contributed by atoms with Crippen molar-refractivity contribution >= 4 is 32.7 Å². The van der Waals surface area contributed by atoms with E-state index in [4.69, 9.17) is 18.5 Å². The van der Waals surface area contributed by atoms with Crippen LogP contribution in [0.25, 0.3) is 66.5 Å². The molecule has 4 nitrogen and oxygen atoms in total. The molecule has 4 aromatic heterocycles. The Labute approximate surface area is 406 Å². The summed E-state index contributed by atoms with van der Waals surface area (Å²) >= 11 is 0. The summed E-state index contributed by atoms with van der Waals surface area (Å²) in [6.45, 7) is 5.60. The first-order chi connectivity index (χ1) is 33.8. The van der Waals surface area contributed by atoms with E-state index in [0.717, 1.165) is 66.3 Å². The van der Waals surface area contributed by atoms with Crippen molar-refractivity contribution in [3.05, 3.63) is 221 Å². The van der Waals surface area contributed by atoms with Crippen LogP contribution in [0, 0.1) is 25.1 Å². The normalized spacial score (nSPS) is 14.1. The molecule has 0 saturated carbocycles. The number of hydrogen-bond donors (Lipinski definition) is 0. The third-order valence-corrected chi connectivity index (χ3v) is 12.2. The smallest absolute Gasteiger partial charge is 0.501 e. The van der Waals surface area contributed by atoms with E-state index in [2.05, 4.69) is 75.1 Å². The Hall–Kier alpha value is -6.52. The molecular weight excluding hydrogens is 971 g/mol. The molecule has 0 bridgehead atoms. The second-order valence-electron chi connectivity index (χ2n) is 17.8. The molecule has 0 N–H and O–H groups in total. The third-order valence-electron chi connectivity index (χ3n) is 12.2. The van der Waals surface area contributed by atoms with Gasteiger partial charge in [0.1, 0.15) is 5.58 Å². The molecule has 0 fully saturated rings. The molecule has 10 aromatic rings. The molecular formula is C60H50IrN3O. The minimum absolute atomic E-state index is 0. The Balaban J connectivity index is 0.00000640. The maximum atomic E-state index is 9.78. The quantitative estimate of drug-likeness (QED) is 0.114. The molecule has 65 heavy (non-hydrogen) atoms. The number of nitrogens with zero attached hydrogens (tertiary/aromatic N) is 3. The van der Waals surface area contributed by atoms with Gasteiger partial charge in [-0.1, -0.05) is 117 Å². The van der Waals surface area contributed by atoms with Crippen LogP contribution in [-0.4, -0.2) is 15.0 Å². The Morgan fingerprint density at radius 2 is 1.14 bits per heavy atom. The number of furan rings is 1. The summed E-state index contributed by atoms with van der Waals surface area (Å²) < 4.78 is 71.5. The molecule has 0 saturated heterocycles. The van der Waals surface area contributed by atoms with Gasteiger partial charge in [0, 0.05) is 33.6 Å². The Morgan fingerprint density at radius 1 is 0.554 bits per heavy atom. The first kappa shape index (κ1) is 35.8. The van der Waals surface area contributed by atoms with Crippen LogP contribution in [0.15, 0.2) is 169 Å². The summed E-state index contributed by atoms with van der Waals surface area (Å²) in [6.07, 6.45) is 0.190. The topological polar surface area (TPSA) is 51.8 Å². The number of benzene rings is 6. The summed E-state index contributed by atoms with van der Waals surface area (Å²) in [5.74, 6) is 0. The number of rotatable bonds is 12. The molecule has 0 aliphatic rings. The predicted octanol–water partition coefficient (Wildman–Crippen LogP) is 14.5. The summed E-state index contributed by atoms with van der Waals surface area (Å²) in [6, 6.07) is 55.6. The molecule has 6 aromatic carbocycles. The zero-order valence-electron chi connectivity index (χ0n) is 43.6. The standard InChI is InChI=1S/C60H50N3O.Ir/c1-40-29-56(52-22-14-21-51-53-33-46-19-12-13-20-47(46)34-57(53)64-58(51)52)61-37-48(40)24-23-41-30-42(35-59(2,3)49-25-27-54(62-38-49)44-15-8-6-9-16-44)32-43(31-41)36-60(4,5)50-26-28-55(63-39-50)45-17-10-7-11-18-45;/h6-15,17,19-21,25-34,37-39H,23-24,35-36H2,1-5H3;/q-3;+3/i1D3,23D2,24D2;. The van der Waals surface area contributed by atoms with E-state index in [1.165, 1.54) is 12.3 Å². The van der Waals surface area contributed by atoms with Crippen LogP contribution < -0.4 is 0 Å². The Kier molecular flexibility index (Phi) is 10.00. The fourth-order valence-electron chi connectivity index (χ4n) is 8.72. The van der Waals surface area contributed by atoms with Gasteiger partial charge in [0.2, 0.25) is 0 Å². The number of aromatic nitrogens is 3. The summed E-state index contributed by atoms with van der Waals surface area (Å²) in [5.41, 5.74) is 7.03.